The highest BCUT2D eigenvalue weighted by Crippen LogP contribution is 2.37. The summed E-state index contributed by atoms with van der Waals surface area (Å²) in [5.41, 5.74) is 6.64. The number of hydrogen-bond acceptors (Lipinski definition) is 6. The van der Waals surface area contributed by atoms with Crippen molar-refractivity contribution in [3.63, 3.8) is 0 Å². The number of carbonyl (C=O) groups is 2. The van der Waals surface area contributed by atoms with Crippen molar-refractivity contribution in [1.82, 2.24) is 0 Å². The fourth-order valence-electron chi connectivity index (χ4n) is 4.90. The molecule has 0 aromatic heterocycles. The van der Waals surface area contributed by atoms with Gasteiger partial charge in [-0.3, -0.25) is 0 Å². The van der Waals surface area contributed by atoms with Gasteiger partial charge in [-0.1, -0.05) is 58.0 Å². The van der Waals surface area contributed by atoms with Crippen LogP contribution in [0.2, 0.25) is 0 Å². The first kappa shape index (κ1) is 30.9. The van der Waals surface area contributed by atoms with Crippen molar-refractivity contribution in [1.29, 1.82) is 0 Å². The molecule has 2 atom stereocenters. The summed E-state index contributed by atoms with van der Waals surface area (Å²) in [6.07, 6.45) is 2.19. The molecule has 0 fully saturated rings. The lowest BCUT2D eigenvalue weighted by atomic mass is 9.96. The first-order chi connectivity index (χ1) is 20.8. The van der Waals surface area contributed by atoms with Crippen LogP contribution in [0, 0.1) is 5.82 Å². The molecule has 4 aromatic rings. The number of hydrogen-bond donors (Lipinski definition) is 0. The van der Waals surface area contributed by atoms with Crippen LogP contribution in [-0.2, 0) is 22.7 Å². The SMILES string of the molecule is CCC(C)Sc1ccc2c(c1)-c1cc(F)ccc1COC2=O.CCC(C)Sc1ccc2c(c1)-c1ccccc1COC2=O. The Morgan fingerprint density at radius 3 is 1.70 bits per heavy atom. The van der Waals surface area contributed by atoms with Gasteiger partial charge in [-0.2, -0.15) is 0 Å². The molecule has 43 heavy (non-hydrogen) atoms. The van der Waals surface area contributed by atoms with Crippen LogP contribution in [0.25, 0.3) is 22.3 Å². The highest BCUT2D eigenvalue weighted by atomic mass is 32.2. The van der Waals surface area contributed by atoms with E-state index < -0.39 is 0 Å². The number of carbonyl (C=O) groups excluding carboxylic acids is 2. The molecule has 2 unspecified atom stereocenters. The van der Waals surface area contributed by atoms with Crippen LogP contribution < -0.4 is 0 Å². The van der Waals surface area contributed by atoms with E-state index in [0.717, 1.165) is 51.1 Å². The van der Waals surface area contributed by atoms with Crippen LogP contribution in [-0.4, -0.2) is 22.4 Å². The Balaban J connectivity index is 0.000000171. The number of fused-ring (bicyclic) bond motifs is 6. The summed E-state index contributed by atoms with van der Waals surface area (Å²) in [5, 5.41) is 1.05. The molecule has 7 heteroatoms. The van der Waals surface area contributed by atoms with Crippen LogP contribution in [0.4, 0.5) is 4.39 Å². The third kappa shape index (κ3) is 7.16. The van der Waals surface area contributed by atoms with Crippen molar-refractivity contribution >= 4 is 35.5 Å². The first-order valence-electron chi connectivity index (χ1n) is 14.6. The molecule has 2 heterocycles. The third-order valence-electron chi connectivity index (χ3n) is 7.63. The van der Waals surface area contributed by atoms with E-state index in [-0.39, 0.29) is 24.4 Å². The zero-order valence-electron chi connectivity index (χ0n) is 24.8. The Bertz CT molecular complexity index is 1650. The molecule has 0 radical (unpaired) electrons. The van der Waals surface area contributed by atoms with E-state index >= 15 is 0 Å². The Morgan fingerprint density at radius 2 is 1.14 bits per heavy atom. The summed E-state index contributed by atoms with van der Waals surface area (Å²) in [7, 11) is 0. The number of cyclic esters (lactones) is 2. The van der Waals surface area contributed by atoms with Crippen molar-refractivity contribution in [2.45, 2.75) is 74.0 Å². The Kier molecular flexibility index (Phi) is 9.93. The molecule has 4 nitrogen and oxygen atoms in total. The monoisotopic (exact) mass is 614 g/mol. The molecular weight excluding hydrogens is 580 g/mol. The molecule has 2 aliphatic rings. The number of halogens is 1. The molecule has 0 amide bonds. The topological polar surface area (TPSA) is 52.6 Å². The number of rotatable bonds is 6. The van der Waals surface area contributed by atoms with Gasteiger partial charge in [0.25, 0.3) is 0 Å². The van der Waals surface area contributed by atoms with Crippen LogP contribution >= 0.6 is 23.5 Å². The summed E-state index contributed by atoms with van der Waals surface area (Å²) >= 11 is 3.60. The molecule has 222 valence electrons. The standard InChI is InChI=1S/C18H17FO2S.C18H18O2S/c1-3-11(2)22-14-6-7-15-17(9-14)16-8-13(19)5-4-12(16)10-21-18(15)20;1-3-12(2)21-14-8-9-16-17(10-14)15-7-5-4-6-13(15)11-20-18(16)19/h4-9,11H,3,10H2,1-2H3;4-10,12H,3,11H2,1-2H3. The Hall–Kier alpha value is -3.55. The van der Waals surface area contributed by atoms with Crippen LogP contribution in [0.5, 0.6) is 0 Å². The maximum Gasteiger partial charge on any atom is 0.339 e. The summed E-state index contributed by atoms with van der Waals surface area (Å²) < 4.78 is 24.3. The normalized spacial score (nSPS) is 14.6. The highest BCUT2D eigenvalue weighted by Gasteiger charge is 2.23. The predicted molar refractivity (Wildman–Crippen MR) is 173 cm³/mol. The zero-order chi connectivity index (χ0) is 30.5. The highest BCUT2D eigenvalue weighted by molar-refractivity contribution is 8.00. The van der Waals surface area contributed by atoms with Gasteiger partial charge < -0.3 is 9.47 Å². The molecule has 0 N–H and O–H groups in total. The molecular formula is C36H35FO4S2. The minimum absolute atomic E-state index is 0.178. The van der Waals surface area contributed by atoms with E-state index in [2.05, 4.69) is 39.8 Å². The van der Waals surface area contributed by atoms with Crippen molar-refractivity contribution in [2.24, 2.45) is 0 Å². The molecule has 2 aliphatic heterocycles. The molecule has 0 saturated heterocycles. The molecule has 0 aliphatic carbocycles. The second-order valence-electron chi connectivity index (χ2n) is 10.7. The summed E-state index contributed by atoms with van der Waals surface area (Å²) in [5.74, 6) is -0.896. The van der Waals surface area contributed by atoms with Gasteiger partial charge in [0.1, 0.15) is 19.0 Å². The maximum absolute atomic E-state index is 13.7. The van der Waals surface area contributed by atoms with Gasteiger partial charge in [0, 0.05) is 20.3 Å². The van der Waals surface area contributed by atoms with E-state index in [9.17, 15) is 14.0 Å². The van der Waals surface area contributed by atoms with E-state index in [4.69, 9.17) is 9.47 Å². The zero-order valence-corrected chi connectivity index (χ0v) is 26.4. The second kappa shape index (κ2) is 13.8. The maximum atomic E-state index is 13.7. The quantitative estimate of drug-likeness (QED) is 0.159. The summed E-state index contributed by atoms with van der Waals surface area (Å²) in [6.45, 7) is 9.24. The molecule has 0 saturated carbocycles. The van der Waals surface area contributed by atoms with Crippen molar-refractivity contribution in [3.05, 3.63) is 107 Å². The minimum atomic E-state index is -0.355. The lowest BCUT2D eigenvalue weighted by Crippen LogP contribution is -2.03. The minimum Gasteiger partial charge on any atom is -0.457 e. The summed E-state index contributed by atoms with van der Waals surface area (Å²) in [6, 6.07) is 24.3. The van der Waals surface area contributed by atoms with Crippen molar-refractivity contribution in [2.75, 3.05) is 0 Å². The van der Waals surface area contributed by atoms with E-state index in [1.807, 2.05) is 54.2 Å². The summed E-state index contributed by atoms with van der Waals surface area (Å²) in [4.78, 5) is 26.5. The van der Waals surface area contributed by atoms with E-state index in [1.54, 1.807) is 23.9 Å². The Labute approximate surface area is 261 Å². The largest absolute Gasteiger partial charge is 0.457 e. The molecule has 0 bridgehead atoms. The molecule has 6 rings (SSSR count). The number of benzene rings is 4. The molecule has 4 aromatic carbocycles. The fraction of sp³-hybridized carbons (Fsp3) is 0.278. The first-order valence-corrected chi connectivity index (χ1v) is 16.4. The Morgan fingerprint density at radius 1 is 0.628 bits per heavy atom. The lowest BCUT2D eigenvalue weighted by Gasteiger charge is -2.12. The number of ether oxygens (including phenoxy) is 2. The van der Waals surface area contributed by atoms with Crippen LogP contribution in [0.15, 0.2) is 88.7 Å². The van der Waals surface area contributed by atoms with Gasteiger partial charge in [-0.15, -0.1) is 23.5 Å². The second-order valence-corrected chi connectivity index (χ2v) is 13.7. The van der Waals surface area contributed by atoms with Gasteiger partial charge in [0.2, 0.25) is 0 Å². The lowest BCUT2D eigenvalue weighted by molar-refractivity contribution is 0.0470. The van der Waals surface area contributed by atoms with Gasteiger partial charge >= 0.3 is 11.9 Å². The van der Waals surface area contributed by atoms with E-state index in [1.165, 1.54) is 17.0 Å². The van der Waals surface area contributed by atoms with E-state index in [0.29, 0.717) is 28.2 Å². The van der Waals surface area contributed by atoms with Crippen LogP contribution in [0.1, 0.15) is 72.4 Å². The molecule has 0 spiro atoms. The van der Waals surface area contributed by atoms with Crippen molar-refractivity contribution < 1.29 is 23.5 Å². The van der Waals surface area contributed by atoms with Crippen molar-refractivity contribution in [3.8, 4) is 22.3 Å². The average molecular weight is 615 g/mol. The van der Waals surface area contributed by atoms with Gasteiger partial charge in [0.05, 0.1) is 11.1 Å². The fourth-order valence-corrected chi connectivity index (χ4v) is 6.83. The van der Waals surface area contributed by atoms with Gasteiger partial charge in [-0.05, 0) is 94.8 Å². The smallest absolute Gasteiger partial charge is 0.339 e. The number of esters is 2. The van der Waals surface area contributed by atoms with Gasteiger partial charge in [0.15, 0.2) is 0 Å². The predicted octanol–water partition coefficient (Wildman–Crippen LogP) is 9.97. The van der Waals surface area contributed by atoms with Crippen LogP contribution in [0.3, 0.4) is 0 Å². The average Bonchev–Trinajstić information content (AvgIpc) is 3.25. The number of thioether (sulfide) groups is 2. The van der Waals surface area contributed by atoms with Gasteiger partial charge in [-0.25, -0.2) is 14.0 Å². The third-order valence-corrected chi connectivity index (χ3v) is 10.2.